The van der Waals surface area contributed by atoms with E-state index in [0.717, 1.165) is 11.6 Å². The predicted molar refractivity (Wildman–Crippen MR) is 56.2 cm³/mol. The maximum atomic E-state index is 13.4. The Hall–Kier alpha value is -1.82. The minimum Gasteiger partial charge on any atom is -0.316 e. The zero-order valence-electron chi connectivity index (χ0n) is 9.04. The van der Waals surface area contributed by atoms with Crippen LogP contribution in [-0.4, -0.2) is 16.8 Å². The summed E-state index contributed by atoms with van der Waals surface area (Å²) in [5.74, 6) is -3.18. The number of hydrogen-bond donors (Lipinski definition) is 1. The third-order valence-electron chi connectivity index (χ3n) is 2.25. The largest absolute Gasteiger partial charge is 0.316 e. The molecule has 0 saturated carbocycles. The van der Waals surface area contributed by atoms with Crippen LogP contribution >= 0.6 is 0 Å². The van der Waals surface area contributed by atoms with Gasteiger partial charge in [-0.15, -0.1) is 0 Å². The molecule has 2 rings (SSSR count). The van der Waals surface area contributed by atoms with Gasteiger partial charge in [-0.25, -0.2) is 17.9 Å². The molecule has 0 amide bonds. The summed E-state index contributed by atoms with van der Waals surface area (Å²) in [4.78, 5) is 0. The van der Waals surface area contributed by atoms with Crippen LogP contribution in [-0.2, 0) is 6.54 Å². The second-order valence-electron chi connectivity index (χ2n) is 3.54. The van der Waals surface area contributed by atoms with Gasteiger partial charge in [0.1, 0.15) is 5.69 Å². The van der Waals surface area contributed by atoms with Gasteiger partial charge < -0.3 is 5.32 Å². The summed E-state index contributed by atoms with van der Waals surface area (Å²) in [5, 5.41) is 6.79. The molecule has 1 N–H and O–H groups in total. The van der Waals surface area contributed by atoms with Crippen molar-refractivity contribution in [1.29, 1.82) is 0 Å². The summed E-state index contributed by atoms with van der Waals surface area (Å²) in [5.41, 5.74) is 0.697. The Morgan fingerprint density at radius 3 is 2.59 bits per heavy atom. The van der Waals surface area contributed by atoms with E-state index in [9.17, 15) is 13.2 Å². The van der Waals surface area contributed by atoms with E-state index in [2.05, 4.69) is 10.4 Å². The van der Waals surface area contributed by atoms with Crippen molar-refractivity contribution in [1.82, 2.24) is 15.1 Å². The van der Waals surface area contributed by atoms with E-state index in [0.29, 0.717) is 12.6 Å². The second-order valence-corrected chi connectivity index (χ2v) is 3.54. The van der Waals surface area contributed by atoms with Crippen molar-refractivity contribution in [2.75, 3.05) is 7.05 Å². The topological polar surface area (TPSA) is 29.9 Å². The lowest BCUT2D eigenvalue weighted by Gasteiger charge is -2.03. The van der Waals surface area contributed by atoms with Crippen LogP contribution in [0.5, 0.6) is 0 Å². The molecule has 6 heteroatoms. The van der Waals surface area contributed by atoms with E-state index in [1.807, 2.05) is 0 Å². The van der Waals surface area contributed by atoms with Gasteiger partial charge >= 0.3 is 0 Å². The number of rotatable bonds is 3. The van der Waals surface area contributed by atoms with Crippen LogP contribution in [0.2, 0.25) is 0 Å². The molecule has 2 aromatic rings. The molecule has 1 heterocycles. The molecule has 0 fully saturated rings. The first-order valence-electron chi connectivity index (χ1n) is 4.95. The zero-order chi connectivity index (χ0) is 12.4. The van der Waals surface area contributed by atoms with Crippen molar-refractivity contribution in [2.45, 2.75) is 6.54 Å². The maximum absolute atomic E-state index is 13.4. The normalized spacial score (nSPS) is 10.8. The molecule has 0 spiro atoms. The third-order valence-corrected chi connectivity index (χ3v) is 2.25. The number of aromatic nitrogens is 2. The van der Waals surface area contributed by atoms with Crippen molar-refractivity contribution in [3.8, 4) is 5.69 Å². The Labute approximate surface area is 95.9 Å². The van der Waals surface area contributed by atoms with Crippen molar-refractivity contribution >= 4 is 0 Å². The van der Waals surface area contributed by atoms with E-state index >= 15 is 0 Å². The van der Waals surface area contributed by atoms with E-state index in [4.69, 9.17) is 0 Å². The van der Waals surface area contributed by atoms with Crippen molar-refractivity contribution in [2.24, 2.45) is 0 Å². The van der Waals surface area contributed by atoms with Crippen LogP contribution in [0.4, 0.5) is 13.2 Å². The molecular weight excluding hydrogens is 231 g/mol. The molecular formula is C11H10F3N3. The number of hydrogen-bond acceptors (Lipinski definition) is 2. The van der Waals surface area contributed by atoms with Crippen molar-refractivity contribution < 1.29 is 13.2 Å². The molecule has 0 aliphatic rings. The third kappa shape index (κ3) is 2.31. The highest BCUT2D eigenvalue weighted by molar-refractivity contribution is 5.34. The lowest BCUT2D eigenvalue weighted by atomic mass is 10.3. The summed E-state index contributed by atoms with van der Waals surface area (Å²) in [6.07, 6.45) is 3.07. The Balaban J connectivity index is 2.41. The van der Waals surface area contributed by atoms with E-state index in [1.54, 1.807) is 13.2 Å². The molecule has 0 bridgehead atoms. The van der Waals surface area contributed by atoms with Gasteiger partial charge in [-0.1, -0.05) is 0 Å². The molecule has 1 aromatic heterocycles. The number of benzene rings is 1. The monoisotopic (exact) mass is 241 g/mol. The minimum atomic E-state index is -1.21. The molecule has 0 unspecified atom stereocenters. The van der Waals surface area contributed by atoms with E-state index in [1.165, 1.54) is 10.9 Å². The van der Waals surface area contributed by atoms with Crippen LogP contribution in [0, 0.1) is 17.5 Å². The van der Waals surface area contributed by atoms with Gasteiger partial charge in [0.05, 0.1) is 6.20 Å². The van der Waals surface area contributed by atoms with Crippen LogP contribution in [0.3, 0.4) is 0 Å². The van der Waals surface area contributed by atoms with Crippen molar-refractivity contribution in [3.05, 3.63) is 47.5 Å². The molecule has 1 aromatic carbocycles. The van der Waals surface area contributed by atoms with E-state index < -0.39 is 17.5 Å². The lowest BCUT2D eigenvalue weighted by molar-refractivity contribution is 0.491. The summed E-state index contributed by atoms with van der Waals surface area (Å²) in [7, 11) is 1.76. The lowest BCUT2D eigenvalue weighted by Crippen LogP contribution is -2.04. The fourth-order valence-electron chi connectivity index (χ4n) is 1.47. The van der Waals surface area contributed by atoms with Crippen LogP contribution in [0.25, 0.3) is 5.69 Å². The maximum Gasteiger partial charge on any atom is 0.161 e. The molecule has 0 aliphatic heterocycles. The van der Waals surface area contributed by atoms with Crippen LogP contribution < -0.4 is 5.32 Å². The first-order valence-corrected chi connectivity index (χ1v) is 4.95. The van der Waals surface area contributed by atoms with Gasteiger partial charge in [0, 0.05) is 30.4 Å². The Morgan fingerprint density at radius 2 is 1.88 bits per heavy atom. The molecule has 3 nitrogen and oxygen atoms in total. The fraction of sp³-hybridized carbons (Fsp3) is 0.182. The molecule has 0 atom stereocenters. The molecule has 90 valence electrons. The minimum absolute atomic E-state index is 0.119. The van der Waals surface area contributed by atoms with Crippen LogP contribution in [0.15, 0.2) is 24.5 Å². The fourth-order valence-corrected chi connectivity index (χ4v) is 1.47. The quantitative estimate of drug-likeness (QED) is 0.833. The van der Waals surface area contributed by atoms with Gasteiger partial charge in [0.15, 0.2) is 17.5 Å². The first-order chi connectivity index (χ1) is 8.11. The highest BCUT2D eigenvalue weighted by atomic mass is 19.2. The Morgan fingerprint density at radius 1 is 1.18 bits per heavy atom. The molecule has 17 heavy (non-hydrogen) atoms. The highest BCUT2D eigenvalue weighted by Gasteiger charge is 2.12. The SMILES string of the molecule is CNCc1cnn(-c2cc(F)c(F)cc2F)c1. The molecule has 0 saturated heterocycles. The Bertz CT molecular complexity index is 537. The number of nitrogens with zero attached hydrogens (tertiary/aromatic N) is 2. The number of nitrogens with one attached hydrogen (secondary N) is 1. The predicted octanol–water partition coefficient (Wildman–Crippen LogP) is 2.01. The van der Waals surface area contributed by atoms with Crippen LogP contribution in [0.1, 0.15) is 5.56 Å². The summed E-state index contributed by atoms with van der Waals surface area (Å²) >= 11 is 0. The van der Waals surface area contributed by atoms with E-state index in [-0.39, 0.29) is 5.69 Å². The van der Waals surface area contributed by atoms with Gasteiger partial charge in [0.25, 0.3) is 0 Å². The van der Waals surface area contributed by atoms with Crippen molar-refractivity contribution in [3.63, 3.8) is 0 Å². The summed E-state index contributed by atoms with van der Waals surface area (Å²) in [6, 6.07) is 1.28. The second kappa shape index (κ2) is 4.58. The van der Waals surface area contributed by atoms with Gasteiger partial charge in [0.2, 0.25) is 0 Å². The number of halogens is 3. The smallest absolute Gasteiger partial charge is 0.161 e. The zero-order valence-corrected chi connectivity index (χ0v) is 9.04. The first kappa shape index (κ1) is 11.7. The highest BCUT2D eigenvalue weighted by Crippen LogP contribution is 2.17. The molecule has 0 aliphatic carbocycles. The average molecular weight is 241 g/mol. The van der Waals surface area contributed by atoms with Gasteiger partial charge in [-0.05, 0) is 7.05 Å². The van der Waals surface area contributed by atoms with Gasteiger partial charge in [-0.2, -0.15) is 5.10 Å². The average Bonchev–Trinajstić information content (AvgIpc) is 2.72. The summed E-state index contributed by atoms with van der Waals surface area (Å²) < 4.78 is 40.4. The molecule has 0 radical (unpaired) electrons. The Kier molecular flexibility index (Phi) is 3.14. The summed E-state index contributed by atoms with van der Waals surface area (Å²) in [6.45, 7) is 0.561. The van der Waals surface area contributed by atoms with Gasteiger partial charge in [-0.3, -0.25) is 0 Å². The standard InChI is InChI=1S/C11H10F3N3/c1-15-4-7-5-16-17(6-7)11-3-9(13)8(12)2-10(11)14/h2-3,5-6,15H,4H2,1H3.